The van der Waals surface area contributed by atoms with Crippen LogP contribution in [0.15, 0.2) is 28.7 Å². The highest BCUT2D eigenvalue weighted by molar-refractivity contribution is 9.10. The Bertz CT molecular complexity index is 566. The summed E-state index contributed by atoms with van der Waals surface area (Å²) >= 11 is 3.36. The van der Waals surface area contributed by atoms with Crippen LogP contribution in [0.25, 0.3) is 0 Å². The van der Waals surface area contributed by atoms with Crippen molar-refractivity contribution in [2.24, 2.45) is 5.73 Å². The molecule has 0 saturated carbocycles. The normalized spacial score (nSPS) is 18.9. The third kappa shape index (κ3) is 4.32. The summed E-state index contributed by atoms with van der Waals surface area (Å²) in [4.78, 5) is 26.8. The van der Waals surface area contributed by atoms with Crippen LogP contribution in [-0.2, 0) is 15.1 Å². The summed E-state index contributed by atoms with van der Waals surface area (Å²) in [5.41, 5.74) is 5.73. The highest BCUT2D eigenvalue weighted by atomic mass is 79.9. The zero-order valence-electron chi connectivity index (χ0n) is 13.6. The lowest BCUT2D eigenvalue weighted by Gasteiger charge is -2.31. The molecular formula is C17H24BrN3O2. The monoisotopic (exact) mass is 381 g/mol. The second kappa shape index (κ2) is 7.45. The topological polar surface area (TPSA) is 75.4 Å². The lowest BCUT2D eigenvalue weighted by Crippen LogP contribution is -2.55. The van der Waals surface area contributed by atoms with Gasteiger partial charge in [0.15, 0.2) is 0 Å². The van der Waals surface area contributed by atoms with Crippen molar-refractivity contribution in [1.29, 1.82) is 0 Å². The van der Waals surface area contributed by atoms with Gasteiger partial charge in [-0.3, -0.25) is 9.59 Å². The van der Waals surface area contributed by atoms with E-state index >= 15 is 0 Å². The maximum Gasteiger partial charge on any atom is 0.245 e. The number of hydrogen-bond acceptors (Lipinski definition) is 3. The minimum Gasteiger partial charge on any atom is -0.343 e. The van der Waals surface area contributed by atoms with Crippen molar-refractivity contribution in [1.82, 2.24) is 10.2 Å². The standard InChI is InChI=1S/C17H24BrN3O2/c1-12(15(22)21-10-4-3-5-11-21)20-16(23)17(2,19)13-6-8-14(18)9-7-13/h6-9,12H,3-5,10-11,19H2,1-2H3,(H,20,23). The predicted octanol–water partition coefficient (Wildman–Crippen LogP) is 2.14. The third-order valence-electron chi connectivity index (χ3n) is 4.30. The molecule has 0 aliphatic carbocycles. The number of benzene rings is 1. The summed E-state index contributed by atoms with van der Waals surface area (Å²) in [5, 5.41) is 2.76. The number of hydrogen-bond donors (Lipinski definition) is 2. The SMILES string of the molecule is CC(NC(=O)C(C)(N)c1ccc(Br)cc1)C(=O)N1CCCCC1. The van der Waals surface area contributed by atoms with Gasteiger partial charge in [-0.05, 0) is 50.8 Å². The second-order valence-electron chi connectivity index (χ2n) is 6.29. The lowest BCUT2D eigenvalue weighted by molar-refractivity contribution is -0.138. The maximum atomic E-state index is 12.5. The van der Waals surface area contributed by atoms with Crippen molar-refractivity contribution in [3.05, 3.63) is 34.3 Å². The third-order valence-corrected chi connectivity index (χ3v) is 4.83. The van der Waals surface area contributed by atoms with Crippen LogP contribution in [0.2, 0.25) is 0 Å². The molecule has 0 spiro atoms. The molecule has 2 amide bonds. The molecule has 126 valence electrons. The van der Waals surface area contributed by atoms with Gasteiger partial charge in [-0.2, -0.15) is 0 Å². The first-order valence-electron chi connectivity index (χ1n) is 7.97. The number of nitrogens with two attached hydrogens (primary N) is 1. The fraction of sp³-hybridized carbons (Fsp3) is 0.529. The number of nitrogens with one attached hydrogen (secondary N) is 1. The maximum absolute atomic E-state index is 12.5. The van der Waals surface area contributed by atoms with Crippen LogP contribution >= 0.6 is 15.9 Å². The summed E-state index contributed by atoms with van der Waals surface area (Å²) in [5.74, 6) is -0.387. The molecule has 0 aromatic heterocycles. The van der Waals surface area contributed by atoms with Crippen LogP contribution in [0.5, 0.6) is 0 Å². The molecule has 5 nitrogen and oxygen atoms in total. The van der Waals surface area contributed by atoms with Crippen LogP contribution in [-0.4, -0.2) is 35.8 Å². The van der Waals surface area contributed by atoms with Crippen molar-refractivity contribution < 1.29 is 9.59 Å². The molecule has 1 aliphatic rings. The molecule has 1 aromatic carbocycles. The first kappa shape index (κ1) is 17.9. The van der Waals surface area contributed by atoms with Gasteiger partial charge in [0, 0.05) is 17.6 Å². The minimum absolute atomic E-state index is 0.0374. The van der Waals surface area contributed by atoms with Crippen molar-refractivity contribution in [3.63, 3.8) is 0 Å². The zero-order valence-corrected chi connectivity index (χ0v) is 15.2. The molecule has 3 N–H and O–H groups in total. The molecule has 23 heavy (non-hydrogen) atoms. The number of rotatable bonds is 4. The molecule has 2 unspecified atom stereocenters. The van der Waals surface area contributed by atoms with Crippen molar-refractivity contribution in [2.45, 2.75) is 44.7 Å². The van der Waals surface area contributed by atoms with E-state index in [0.29, 0.717) is 5.56 Å². The van der Waals surface area contributed by atoms with Gasteiger partial charge >= 0.3 is 0 Å². The first-order chi connectivity index (χ1) is 10.8. The Balaban J connectivity index is 2.01. The highest BCUT2D eigenvalue weighted by Gasteiger charge is 2.33. The molecule has 1 saturated heterocycles. The largest absolute Gasteiger partial charge is 0.343 e. The van der Waals surface area contributed by atoms with E-state index in [1.165, 1.54) is 0 Å². The van der Waals surface area contributed by atoms with E-state index < -0.39 is 11.6 Å². The Hall–Kier alpha value is -1.40. The number of carbonyl (C=O) groups is 2. The molecule has 6 heteroatoms. The number of carbonyl (C=O) groups excluding carboxylic acids is 2. The van der Waals surface area contributed by atoms with Gasteiger partial charge < -0.3 is 16.0 Å². The fourth-order valence-corrected chi connectivity index (χ4v) is 2.99. The average molecular weight is 382 g/mol. The molecular weight excluding hydrogens is 358 g/mol. The van der Waals surface area contributed by atoms with E-state index in [2.05, 4.69) is 21.2 Å². The van der Waals surface area contributed by atoms with E-state index in [1.807, 2.05) is 17.0 Å². The first-order valence-corrected chi connectivity index (χ1v) is 8.76. The molecule has 0 radical (unpaired) electrons. The highest BCUT2D eigenvalue weighted by Crippen LogP contribution is 2.21. The van der Waals surface area contributed by atoms with Crippen molar-refractivity contribution in [3.8, 4) is 0 Å². The molecule has 0 bridgehead atoms. The number of nitrogens with zero attached hydrogens (tertiary/aromatic N) is 1. The van der Waals surface area contributed by atoms with Crippen LogP contribution in [0, 0.1) is 0 Å². The second-order valence-corrected chi connectivity index (χ2v) is 7.21. The van der Waals surface area contributed by atoms with E-state index in [0.717, 1.165) is 36.8 Å². The summed E-state index contributed by atoms with van der Waals surface area (Å²) < 4.78 is 0.922. The van der Waals surface area contributed by atoms with Crippen LogP contribution < -0.4 is 11.1 Å². The van der Waals surface area contributed by atoms with E-state index in [4.69, 9.17) is 5.73 Å². The number of likely N-dealkylation sites (tertiary alicyclic amines) is 1. The van der Waals surface area contributed by atoms with Crippen molar-refractivity contribution in [2.75, 3.05) is 13.1 Å². The van der Waals surface area contributed by atoms with Gasteiger partial charge in [-0.1, -0.05) is 28.1 Å². The number of halogens is 1. The van der Waals surface area contributed by atoms with E-state index in [9.17, 15) is 9.59 Å². The number of amides is 2. The Kier molecular flexibility index (Phi) is 5.81. The lowest BCUT2D eigenvalue weighted by atomic mass is 9.92. The summed E-state index contributed by atoms with van der Waals surface area (Å²) in [6.45, 7) is 4.91. The number of piperidine rings is 1. The van der Waals surface area contributed by atoms with Crippen LogP contribution in [0.4, 0.5) is 0 Å². The summed E-state index contributed by atoms with van der Waals surface area (Å²) in [6.07, 6.45) is 3.22. The van der Waals surface area contributed by atoms with Gasteiger partial charge in [-0.25, -0.2) is 0 Å². The van der Waals surface area contributed by atoms with Gasteiger partial charge in [0.2, 0.25) is 11.8 Å². The van der Waals surface area contributed by atoms with Gasteiger partial charge in [0.25, 0.3) is 0 Å². The van der Waals surface area contributed by atoms with Gasteiger partial charge in [0.1, 0.15) is 11.6 Å². The Morgan fingerprint density at radius 2 is 1.78 bits per heavy atom. The molecule has 1 heterocycles. The molecule has 1 aromatic rings. The molecule has 2 atom stereocenters. The van der Waals surface area contributed by atoms with Gasteiger partial charge in [0.05, 0.1) is 0 Å². The predicted molar refractivity (Wildman–Crippen MR) is 93.7 cm³/mol. The van der Waals surface area contributed by atoms with Crippen molar-refractivity contribution >= 4 is 27.7 Å². The van der Waals surface area contributed by atoms with Gasteiger partial charge in [-0.15, -0.1) is 0 Å². The Morgan fingerprint density at radius 1 is 1.22 bits per heavy atom. The Morgan fingerprint density at radius 3 is 2.35 bits per heavy atom. The van der Waals surface area contributed by atoms with Crippen LogP contribution in [0.3, 0.4) is 0 Å². The van der Waals surface area contributed by atoms with E-state index in [1.54, 1.807) is 26.0 Å². The average Bonchev–Trinajstić information content (AvgIpc) is 2.55. The molecule has 1 fully saturated rings. The quantitative estimate of drug-likeness (QED) is 0.838. The molecule has 1 aliphatic heterocycles. The minimum atomic E-state index is -1.18. The smallest absolute Gasteiger partial charge is 0.245 e. The fourth-order valence-electron chi connectivity index (χ4n) is 2.72. The molecule has 2 rings (SSSR count). The zero-order chi connectivity index (χ0) is 17.0. The summed E-state index contributed by atoms with van der Waals surface area (Å²) in [6, 6.07) is 6.73. The van der Waals surface area contributed by atoms with E-state index in [-0.39, 0.29) is 11.8 Å². The Labute approximate surface area is 145 Å². The van der Waals surface area contributed by atoms with Crippen LogP contribution in [0.1, 0.15) is 38.7 Å². The summed E-state index contributed by atoms with van der Waals surface area (Å²) in [7, 11) is 0.